The fourth-order valence-electron chi connectivity index (χ4n) is 3.81. The van der Waals surface area contributed by atoms with Gasteiger partial charge in [-0.3, -0.25) is 0 Å². The van der Waals surface area contributed by atoms with Crippen LogP contribution in [0.3, 0.4) is 0 Å². The number of aliphatic hydroxyl groups is 1. The zero-order valence-corrected chi connectivity index (χ0v) is 18.3. The summed E-state index contributed by atoms with van der Waals surface area (Å²) < 4.78 is 38.1. The summed E-state index contributed by atoms with van der Waals surface area (Å²) in [7, 11) is 0. The van der Waals surface area contributed by atoms with Gasteiger partial charge in [0.15, 0.2) is 0 Å². The van der Waals surface area contributed by atoms with Crippen LogP contribution in [-0.2, 0) is 38.8 Å². The van der Waals surface area contributed by atoms with Crippen LogP contribution >= 0.6 is 0 Å². The predicted octanol–water partition coefficient (Wildman–Crippen LogP) is 4.43. The van der Waals surface area contributed by atoms with E-state index in [1.165, 1.54) is 0 Å². The predicted molar refractivity (Wildman–Crippen MR) is 122 cm³/mol. The Morgan fingerprint density at radius 2 is 1.12 bits per heavy atom. The molecule has 0 aromatic heterocycles. The molecule has 3 aromatic carbocycles. The summed E-state index contributed by atoms with van der Waals surface area (Å²) >= 11 is 0. The average Bonchev–Trinajstić information content (AvgIpc) is 2.86. The molecule has 1 aliphatic heterocycles. The first kappa shape index (κ1) is 23.5. The third kappa shape index (κ3) is 6.69. The molecule has 1 aliphatic rings. The van der Waals surface area contributed by atoms with Crippen LogP contribution in [0.15, 0.2) is 91.0 Å². The molecule has 33 heavy (non-hydrogen) atoms. The fraction of sp³-hybridized carbons (Fsp3) is 0.333. The molecule has 3 aromatic rings. The van der Waals surface area contributed by atoms with E-state index >= 15 is 0 Å². The summed E-state index contributed by atoms with van der Waals surface area (Å²) in [5, 5.41) is 10.6. The monoisotopic (exact) mass is 452 g/mol. The molecule has 6 heteroatoms. The summed E-state index contributed by atoms with van der Waals surface area (Å²) in [5.41, 5.74) is 2.88. The van der Waals surface area contributed by atoms with Crippen LogP contribution in [0.2, 0.25) is 0 Å². The maximum absolute atomic E-state index is 14.6. The molecule has 0 amide bonds. The topological polar surface area (TPSA) is 57.2 Å². The number of rotatable bonds is 10. The molecule has 1 heterocycles. The normalized spacial score (nSPS) is 25.1. The Hall–Kier alpha value is -2.61. The first-order valence-electron chi connectivity index (χ1n) is 11.1. The molecule has 0 unspecified atom stereocenters. The van der Waals surface area contributed by atoms with Crippen molar-refractivity contribution in [2.75, 3.05) is 6.61 Å². The van der Waals surface area contributed by atoms with Crippen LogP contribution in [0.25, 0.3) is 0 Å². The van der Waals surface area contributed by atoms with Crippen molar-refractivity contribution in [3.05, 3.63) is 108 Å². The number of hydrogen-bond acceptors (Lipinski definition) is 5. The van der Waals surface area contributed by atoms with Gasteiger partial charge in [0, 0.05) is 0 Å². The van der Waals surface area contributed by atoms with Crippen molar-refractivity contribution in [2.24, 2.45) is 0 Å². The van der Waals surface area contributed by atoms with E-state index in [0.29, 0.717) is 6.61 Å². The van der Waals surface area contributed by atoms with Crippen LogP contribution in [0.4, 0.5) is 4.39 Å². The summed E-state index contributed by atoms with van der Waals surface area (Å²) in [6, 6.07) is 28.9. The third-order valence-corrected chi connectivity index (χ3v) is 5.56. The van der Waals surface area contributed by atoms with E-state index in [1.54, 1.807) is 0 Å². The van der Waals surface area contributed by atoms with Crippen LogP contribution in [0.5, 0.6) is 0 Å². The second-order valence-corrected chi connectivity index (χ2v) is 8.04. The van der Waals surface area contributed by atoms with E-state index in [-0.39, 0.29) is 19.8 Å². The summed E-state index contributed by atoms with van der Waals surface area (Å²) in [6.45, 7) is 0.963. The van der Waals surface area contributed by atoms with Gasteiger partial charge in [0.2, 0.25) is 6.36 Å². The second kappa shape index (κ2) is 12.0. The van der Waals surface area contributed by atoms with Gasteiger partial charge < -0.3 is 24.1 Å². The maximum Gasteiger partial charge on any atom is 0.228 e. The van der Waals surface area contributed by atoms with Gasteiger partial charge in [-0.1, -0.05) is 91.0 Å². The highest BCUT2D eigenvalue weighted by Gasteiger charge is 2.47. The largest absolute Gasteiger partial charge is 0.385 e. The Labute approximate surface area is 193 Å². The van der Waals surface area contributed by atoms with Gasteiger partial charge in [-0.15, -0.1) is 0 Å². The molecule has 0 spiro atoms. The van der Waals surface area contributed by atoms with Crippen molar-refractivity contribution >= 4 is 0 Å². The van der Waals surface area contributed by atoms with E-state index < -0.39 is 30.8 Å². The highest BCUT2D eigenvalue weighted by molar-refractivity contribution is 5.15. The lowest BCUT2D eigenvalue weighted by atomic mass is 9.98. The average molecular weight is 453 g/mol. The molecule has 1 N–H and O–H groups in total. The molecular formula is C27H29FO5. The Morgan fingerprint density at radius 3 is 1.64 bits per heavy atom. The molecular weight excluding hydrogens is 423 g/mol. The first-order chi connectivity index (χ1) is 16.2. The fourth-order valence-corrected chi connectivity index (χ4v) is 3.81. The van der Waals surface area contributed by atoms with Crippen LogP contribution in [-0.4, -0.2) is 42.5 Å². The van der Waals surface area contributed by atoms with E-state index in [1.807, 2.05) is 91.0 Å². The lowest BCUT2D eigenvalue weighted by Gasteiger charge is -2.42. The minimum atomic E-state index is -1.90. The van der Waals surface area contributed by atoms with Crippen molar-refractivity contribution < 1.29 is 28.4 Å². The van der Waals surface area contributed by atoms with Crippen molar-refractivity contribution in [3.63, 3.8) is 0 Å². The van der Waals surface area contributed by atoms with Gasteiger partial charge in [0.05, 0.1) is 26.4 Å². The van der Waals surface area contributed by atoms with Gasteiger partial charge in [0.25, 0.3) is 0 Å². The van der Waals surface area contributed by atoms with Crippen molar-refractivity contribution in [2.45, 2.75) is 50.6 Å². The third-order valence-electron chi connectivity index (χ3n) is 5.56. The van der Waals surface area contributed by atoms with Gasteiger partial charge >= 0.3 is 0 Å². The molecule has 0 radical (unpaired) electrons. The number of alkyl halides is 1. The van der Waals surface area contributed by atoms with Crippen molar-refractivity contribution in [3.8, 4) is 0 Å². The number of ether oxygens (including phenoxy) is 4. The summed E-state index contributed by atoms with van der Waals surface area (Å²) in [5.74, 6) is 0. The maximum atomic E-state index is 14.6. The van der Waals surface area contributed by atoms with E-state index in [9.17, 15) is 9.50 Å². The second-order valence-electron chi connectivity index (χ2n) is 8.04. The quantitative estimate of drug-likeness (QED) is 0.493. The molecule has 0 bridgehead atoms. The first-order valence-corrected chi connectivity index (χ1v) is 11.1. The molecule has 0 saturated carbocycles. The Kier molecular flexibility index (Phi) is 8.58. The lowest BCUT2D eigenvalue weighted by Crippen LogP contribution is -2.59. The summed E-state index contributed by atoms with van der Waals surface area (Å²) in [4.78, 5) is 0. The number of hydrogen-bond donors (Lipinski definition) is 1. The molecule has 0 aliphatic carbocycles. The zero-order valence-electron chi connectivity index (χ0n) is 18.3. The molecule has 1 saturated heterocycles. The smallest absolute Gasteiger partial charge is 0.228 e. The minimum absolute atomic E-state index is 0.104. The molecule has 5 atom stereocenters. The standard InChI is InChI=1S/C27H29FO5/c28-27-24(29)26(32-18-22-14-8-3-9-15-22)25(31-17-21-12-6-2-7-13-21)23(33-27)19-30-16-20-10-4-1-5-11-20/h1-15,23-27,29H,16-19H2/t23-,24+,25-,26+,27+/m1/s1. The number of benzene rings is 3. The van der Waals surface area contributed by atoms with E-state index in [2.05, 4.69) is 0 Å². The molecule has 1 fully saturated rings. The summed E-state index contributed by atoms with van der Waals surface area (Å²) in [6.07, 6.45) is -5.74. The van der Waals surface area contributed by atoms with Crippen molar-refractivity contribution in [1.82, 2.24) is 0 Å². The Bertz CT molecular complexity index is 941. The lowest BCUT2D eigenvalue weighted by molar-refractivity contribution is -0.288. The van der Waals surface area contributed by atoms with Gasteiger partial charge in [-0.2, -0.15) is 0 Å². The number of aliphatic hydroxyl groups excluding tert-OH is 1. The van der Waals surface area contributed by atoms with E-state index in [4.69, 9.17) is 18.9 Å². The highest BCUT2D eigenvalue weighted by atomic mass is 19.1. The van der Waals surface area contributed by atoms with Crippen LogP contribution < -0.4 is 0 Å². The molecule has 174 valence electrons. The number of halogens is 1. The van der Waals surface area contributed by atoms with Crippen LogP contribution in [0, 0.1) is 0 Å². The van der Waals surface area contributed by atoms with Gasteiger partial charge in [-0.05, 0) is 16.7 Å². The Morgan fingerprint density at radius 1 is 0.667 bits per heavy atom. The minimum Gasteiger partial charge on any atom is -0.385 e. The van der Waals surface area contributed by atoms with E-state index in [0.717, 1.165) is 16.7 Å². The van der Waals surface area contributed by atoms with Gasteiger partial charge in [-0.25, -0.2) is 4.39 Å². The Balaban J connectivity index is 1.46. The molecule has 5 nitrogen and oxygen atoms in total. The molecule has 4 rings (SSSR count). The zero-order chi connectivity index (χ0) is 22.9. The van der Waals surface area contributed by atoms with Gasteiger partial charge in [0.1, 0.15) is 24.4 Å². The highest BCUT2D eigenvalue weighted by Crippen LogP contribution is 2.29. The SMILES string of the molecule is O[C@H]1[C@H](OCc2ccccc2)[C@H](OCc2ccccc2)[C@@H](COCc2ccccc2)O[C@@H]1F. The van der Waals surface area contributed by atoms with Crippen molar-refractivity contribution in [1.29, 1.82) is 0 Å². The van der Waals surface area contributed by atoms with Crippen LogP contribution in [0.1, 0.15) is 16.7 Å².